The smallest absolute Gasteiger partial charge is 0.270 e. The van der Waals surface area contributed by atoms with Gasteiger partial charge in [-0.1, -0.05) is 11.6 Å². The number of imidazole rings is 1. The van der Waals surface area contributed by atoms with Gasteiger partial charge in [0.25, 0.3) is 5.69 Å². The third kappa shape index (κ3) is 3.00. The second-order valence-corrected chi connectivity index (χ2v) is 5.77. The molecule has 6 nitrogen and oxygen atoms in total. The highest BCUT2D eigenvalue weighted by molar-refractivity contribution is 9.10. The van der Waals surface area contributed by atoms with Crippen LogP contribution in [0.2, 0.25) is 5.02 Å². The van der Waals surface area contributed by atoms with Gasteiger partial charge in [-0.25, -0.2) is 9.97 Å². The Hall–Kier alpha value is -2.25. The van der Waals surface area contributed by atoms with Gasteiger partial charge in [-0.3, -0.25) is 10.1 Å². The van der Waals surface area contributed by atoms with Crippen molar-refractivity contribution in [2.24, 2.45) is 0 Å². The Morgan fingerprint density at radius 3 is 2.91 bits per heavy atom. The van der Waals surface area contributed by atoms with Gasteiger partial charge in [0.2, 0.25) is 0 Å². The fourth-order valence-corrected chi connectivity index (χ4v) is 2.43. The Balaban J connectivity index is 1.95. The molecule has 0 aliphatic carbocycles. The van der Waals surface area contributed by atoms with E-state index in [0.717, 1.165) is 9.99 Å². The summed E-state index contributed by atoms with van der Waals surface area (Å²) in [5.74, 6) is 0.586. The number of benzene rings is 1. The molecule has 2 heterocycles. The van der Waals surface area contributed by atoms with E-state index in [-0.39, 0.29) is 5.69 Å². The first-order valence-electron chi connectivity index (χ1n) is 6.16. The number of H-pyrrole nitrogens is 1. The molecule has 0 aliphatic heterocycles. The molecule has 0 bridgehead atoms. The second-order valence-electron chi connectivity index (χ2n) is 4.44. The van der Waals surface area contributed by atoms with Crippen LogP contribution in [0.15, 0.2) is 34.9 Å². The molecule has 0 atom stereocenters. The molecule has 110 valence electrons. The molecule has 0 saturated carbocycles. The zero-order valence-corrected chi connectivity index (χ0v) is 13.3. The quantitative estimate of drug-likeness (QED) is 0.538. The number of nitro groups is 1. The largest absolute Gasteiger partial charge is 0.337 e. The number of hydrogen-bond acceptors (Lipinski definition) is 4. The van der Waals surface area contributed by atoms with Crippen molar-refractivity contribution in [2.75, 3.05) is 0 Å². The van der Waals surface area contributed by atoms with E-state index >= 15 is 0 Å². The number of halogens is 2. The van der Waals surface area contributed by atoms with Crippen molar-refractivity contribution in [3.05, 3.63) is 61.5 Å². The summed E-state index contributed by atoms with van der Waals surface area (Å²) in [5, 5.41) is 11.2. The average molecular weight is 380 g/mol. The van der Waals surface area contributed by atoms with Gasteiger partial charge in [0.15, 0.2) is 5.65 Å². The SMILES string of the molecule is O=[N+]([O-])c1ccc(Cl)c(/C=C/c2nc3ncc(Br)cc3[nH]2)c1. The van der Waals surface area contributed by atoms with Crippen molar-refractivity contribution in [3.63, 3.8) is 0 Å². The molecular weight excluding hydrogens is 372 g/mol. The molecule has 0 saturated heterocycles. The van der Waals surface area contributed by atoms with Gasteiger partial charge in [0.1, 0.15) is 5.82 Å². The van der Waals surface area contributed by atoms with E-state index in [1.807, 2.05) is 6.07 Å². The summed E-state index contributed by atoms with van der Waals surface area (Å²) in [6, 6.07) is 6.14. The van der Waals surface area contributed by atoms with Crippen LogP contribution in [0.25, 0.3) is 23.3 Å². The van der Waals surface area contributed by atoms with Gasteiger partial charge in [-0.05, 0) is 45.8 Å². The zero-order valence-electron chi connectivity index (χ0n) is 11.0. The van der Waals surface area contributed by atoms with Crippen LogP contribution in [0.1, 0.15) is 11.4 Å². The topological polar surface area (TPSA) is 84.7 Å². The van der Waals surface area contributed by atoms with E-state index in [1.54, 1.807) is 18.3 Å². The van der Waals surface area contributed by atoms with Crippen molar-refractivity contribution in [2.45, 2.75) is 0 Å². The minimum atomic E-state index is -0.462. The van der Waals surface area contributed by atoms with E-state index < -0.39 is 4.92 Å². The number of rotatable bonds is 3. The lowest BCUT2D eigenvalue weighted by Crippen LogP contribution is -1.88. The standard InChI is InChI=1S/C14H8BrClN4O2/c15-9-6-12-14(17-7-9)19-13(18-12)4-1-8-5-10(20(21)22)2-3-11(8)16/h1-7H,(H,17,18,19)/b4-1+. The maximum atomic E-state index is 10.8. The van der Waals surface area contributed by atoms with Crippen LogP contribution in [-0.4, -0.2) is 19.9 Å². The summed E-state index contributed by atoms with van der Waals surface area (Å²) in [7, 11) is 0. The number of fused-ring (bicyclic) bond motifs is 1. The number of aromatic amines is 1. The molecule has 0 radical (unpaired) electrons. The second kappa shape index (κ2) is 5.86. The molecule has 2 aromatic heterocycles. The molecule has 1 N–H and O–H groups in total. The highest BCUT2D eigenvalue weighted by atomic mass is 79.9. The highest BCUT2D eigenvalue weighted by Crippen LogP contribution is 2.24. The van der Waals surface area contributed by atoms with Gasteiger partial charge >= 0.3 is 0 Å². The van der Waals surface area contributed by atoms with Crippen LogP contribution in [0.4, 0.5) is 5.69 Å². The summed E-state index contributed by atoms with van der Waals surface area (Å²) >= 11 is 9.38. The van der Waals surface area contributed by atoms with Crippen molar-refractivity contribution in [1.82, 2.24) is 15.0 Å². The molecule has 0 fully saturated rings. The van der Waals surface area contributed by atoms with Crippen molar-refractivity contribution in [1.29, 1.82) is 0 Å². The Labute approximate surface area is 138 Å². The number of hydrogen-bond donors (Lipinski definition) is 1. The number of non-ortho nitro benzene ring substituents is 1. The predicted octanol–water partition coefficient (Wildman–Crippen LogP) is 4.45. The molecule has 0 spiro atoms. The molecule has 0 aliphatic rings. The fraction of sp³-hybridized carbons (Fsp3) is 0. The molecule has 1 aromatic carbocycles. The van der Waals surface area contributed by atoms with Crippen molar-refractivity contribution >= 4 is 56.5 Å². The van der Waals surface area contributed by atoms with Crippen LogP contribution in [0.3, 0.4) is 0 Å². The zero-order chi connectivity index (χ0) is 15.7. The van der Waals surface area contributed by atoms with Gasteiger partial charge in [0, 0.05) is 27.8 Å². The Bertz CT molecular complexity index is 907. The van der Waals surface area contributed by atoms with Crippen LogP contribution >= 0.6 is 27.5 Å². The monoisotopic (exact) mass is 378 g/mol. The number of nitrogens with zero attached hydrogens (tertiary/aromatic N) is 3. The van der Waals surface area contributed by atoms with E-state index in [2.05, 4.69) is 30.9 Å². The van der Waals surface area contributed by atoms with Crippen molar-refractivity contribution in [3.8, 4) is 0 Å². The maximum absolute atomic E-state index is 10.8. The van der Waals surface area contributed by atoms with Crippen LogP contribution in [-0.2, 0) is 0 Å². The van der Waals surface area contributed by atoms with Gasteiger partial charge in [-0.15, -0.1) is 0 Å². The third-order valence-corrected chi connectivity index (χ3v) is 3.71. The molecule has 0 amide bonds. The minimum Gasteiger partial charge on any atom is -0.337 e. The first-order valence-corrected chi connectivity index (χ1v) is 7.33. The summed E-state index contributed by atoms with van der Waals surface area (Å²) in [6.45, 7) is 0. The lowest BCUT2D eigenvalue weighted by atomic mass is 10.2. The molecule has 22 heavy (non-hydrogen) atoms. The first kappa shape index (κ1) is 14.7. The lowest BCUT2D eigenvalue weighted by Gasteiger charge is -1.97. The summed E-state index contributed by atoms with van der Waals surface area (Å²) in [5.41, 5.74) is 1.91. The molecule has 8 heteroatoms. The van der Waals surface area contributed by atoms with E-state index in [9.17, 15) is 10.1 Å². The summed E-state index contributed by atoms with van der Waals surface area (Å²) < 4.78 is 0.848. The molecule has 3 rings (SSSR count). The summed E-state index contributed by atoms with van der Waals surface area (Å²) in [4.78, 5) is 21.9. The summed E-state index contributed by atoms with van der Waals surface area (Å²) in [6.07, 6.45) is 5.02. The maximum Gasteiger partial charge on any atom is 0.270 e. The first-order chi connectivity index (χ1) is 10.5. The third-order valence-electron chi connectivity index (χ3n) is 2.93. The molecule has 0 unspecified atom stereocenters. The number of nitrogens with one attached hydrogen (secondary N) is 1. The van der Waals surface area contributed by atoms with Crippen molar-refractivity contribution < 1.29 is 4.92 Å². The number of aromatic nitrogens is 3. The normalized spacial score (nSPS) is 11.4. The fourth-order valence-electron chi connectivity index (χ4n) is 1.91. The molecule has 3 aromatic rings. The number of nitro benzene ring substituents is 1. The van der Waals surface area contributed by atoms with Gasteiger partial charge in [-0.2, -0.15) is 0 Å². The highest BCUT2D eigenvalue weighted by Gasteiger charge is 2.08. The predicted molar refractivity (Wildman–Crippen MR) is 88.6 cm³/mol. The van der Waals surface area contributed by atoms with Crippen LogP contribution in [0, 0.1) is 10.1 Å². The van der Waals surface area contributed by atoms with Crippen LogP contribution < -0.4 is 0 Å². The van der Waals surface area contributed by atoms with E-state index in [4.69, 9.17) is 11.6 Å². The van der Waals surface area contributed by atoms with Crippen LogP contribution in [0.5, 0.6) is 0 Å². The minimum absolute atomic E-state index is 0.0146. The molecular formula is C14H8BrClN4O2. The van der Waals surface area contributed by atoms with E-state index in [0.29, 0.717) is 22.1 Å². The average Bonchev–Trinajstić information content (AvgIpc) is 2.88. The lowest BCUT2D eigenvalue weighted by molar-refractivity contribution is -0.384. The number of pyridine rings is 1. The Morgan fingerprint density at radius 1 is 1.32 bits per heavy atom. The van der Waals surface area contributed by atoms with Gasteiger partial charge in [0.05, 0.1) is 10.4 Å². The van der Waals surface area contributed by atoms with Gasteiger partial charge < -0.3 is 4.98 Å². The Kier molecular flexibility index (Phi) is 3.91. The van der Waals surface area contributed by atoms with E-state index in [1.165, 1.54) is 18.2 Å². The Morgan fingerprint density at radius 2 is 2.14 bits per heavy atom.